The molecule has 4 heteroatoms. The topological polar surface area (TPSA) is 40.5 Å². The first-order valence-corrected chi connectivity index (χ1v) is 23.6. The minimum Gasteiger partial charge on any atom is -0.428 e. The third-order valence-corrected chi connectivity index (χ3v) is 11.6. The molecule has 11 aromatic rings. The Hall–Kier alpha value is -7.43. The van der Waals surface area contributed by atoms with Gasteiger partial charge in [-0.05, 0) is 101 Å². The first-order valence-electron chi connectivity index (χ1n) is 23.6. The highest BCUT2D eigenvalue weighted by atomic mass is 16.7. The van der Waals surface area contributed by atoms with Crippen molar-refractivity contribution >= 4 is 71.1 Å². The Balaban J connectivity index is 0.000000143. The van der Waals surface area contributed by atoms with Crippen LogP contribution >= 0.6 is 0 Å². The fourth-order valence-electron chi connectivity index (χ4n) is 8.42. The van der Waals surface area contributed by atoms with E-state index in [4.69, 9.17) is 9.47 Å². The molecule has 338 valence electrons. The molecule has 0 atom stereocenters. The molecule has 0 bridgehead atoms. The number of carbonyl (C=O) groups is 1. The SMILES string of the molecule is CC.CC(C)(C)OC(=O)Oc1ccc2ccc3cccc4ccc1c2c34.CC(C)c1ccccc1.CC(C)c1ccccc1.c1ccc2c(-n3c4ccccc4c4ccccc43)cccc2c1. The van der Waals surface area contributed by atoms with E-state index in [9.17, 15) is 4.79 Å². The molecule has 0 fully saturated rings. The smallest absolute Gasteiger partial charge is 0.428 e. The maximum Gasteiger partial charge on any atom is 0.514 e. The van der Waals surface area contributed by atoms with Gasteiger partial charge >= 0.3 is 6.16 Å². The molecular formula is C63H63NO3. The van der Waals surface area contributed by atoms with Gasteiger partial charge in [-0.1, -0.05) is 217 Å². The second-order valence-electron chi connectivity index (χ2n) is 18.0. The van der Waals surface area contributed by atoms with E-state index in [-0.39, 0.29) is 0 Å². The Bertz CT molecular complexity index is 3200. The van der Waals surface area contributed by atoms with E-state index < -0.39 is 11.8 Å². The van der Waals surface area contributed by atoms with Crippen LogP contribution in [0.5, 0.6) is 5.75 Å². The van der Waals surface area contributed by atoms with Crippen molar-refractivity contribution in [2.75, 3.05) is 0 Å². The molecule has 0 radical (unpaired) electrons. The van der Waals surface area contributed by atoms with Crippen molar-refractivity contribution < 1.29 is 14.3 Å². The molecule has 67 heavy (non-hydrogen) atoms. The van der Waals surface area contributed by atoms with Crippen LogP contribution in [0.25, 0.3) is 70.6 Å². The van der Waals surface area contributed by atoms with Crippen molar-refractivity contribution in [3.8, 4) is 11.4 Å². The fraction of sp³-hybridized carbons (Fsp3) is 0.190. The highest BCUT2D eigenvalue weighted by Crippen LogP contribution is 2.39. The summed E-state index contributed by atoms with van der Waals surface area (Å²) in [7, 11) is 0. The van der Waals surface area contributed by atoms with Gasteiger partial charge in [-0.2, -0.15) is 0 Å². The van der Waals surface area contributed by atoms with E-state index in [2.05, 4.69) is 208 Å². The Morgan fingerprint density at radius 3 is 1.36 bits per heavy atom. The van der Waals surface area contributed by atoms with Gasteiger partial charge in [0, 0.05) is 26.9 Å². The van der Waals surface area contributed by atoms with Crippen molar-refractivity contribution in [2.24, 2.45) is 0 Å². The van der Waals surface area contributed by atoms with Crippen molar-refractivity contribution in [1.29, 1.82) is 0 Å². The van der Waals surface area contributed by atoms with Crippen molar-refractivity contribution in [2.45, 2.75) is 79.8 Å². The number of carbonyl (C=O) groups excluding carboxylic acids is 1. The lowest BCUT2D eigenvalue weighted by Gasteiger charge is -2.19. The Morgan fingerprint density at radius 2 is 0.836 bits per heavy atom. The summed E-state index contributed by atoms with van der Waals surface area (Å²) in [5, 5.41) is 11.9. The number of ether oxygens (including phenoxy) is 2. The number of fused-ring (bicyclic) bond motifs is 4. The second kappa shape index (κ2) is 21.7. The Labute approximate surface area is 396 Å². The van der Waals surface area contributed by atoms with Gasteiger partial charge in [-0.25, -0.2) is 4.79 Å². The van der Waals surface area contributed by atoms with Gasteiger partial charge in [0.25, 0.3) is 0 Å². The van der Waals surface area contributed by atoms with E-state index in [0.29, 0.717) is 17.6 Å². The lowest BCUT2D eigenvalue weighted by atomic mass is 9.94. The molecule has 0 spiro atoms. The average molecular weight is 882 g/mol. The molecule has 0 aliphatic heterocycles. The van der Waals surface area contributed by atoms with Crippen LogP contribution in [0.3, 0.4) is 0 Å². The van der Waals surface area contributed by atoms with Crippen molar-refractivity contribution in [1.82, 2.24) is 4.57 Å². The van der Waals surface area contributed by atoms with Crippen LogP contribution in [-0.2, 0) is 4.74 Å². The molecule has 0 N–H and O–H groups in total. The normalized spacial score (nSPS) is 11.1. The third kappa shape index (κ3) is 11.2. The summed E-state index contributed by atoms with van der Waals surface area (Å²) in [6, 6.07) is 71.8. The molecule has 1 aromatic heterocycles. The summed E-state index contributed by atoms with van der Waals surface area (Å²) in [4.78, 5) is 12.0. The van der Waals surface area contributed by atoms with Gasteiger partial charge < -0.3 is 14.0 Å². The number of para-hydroxylation sites is 2. The molecular weight excluding hydrogens is 819 g/mol. The van der Waals surface area contributed by atoms with Crippen LogP contribution in [0.2, 0.25) is 0 Å². The Kier molecular flexibility index (Phi) is 15.4. The summed E-state index contributed by atoms with van der Waals surface area (Å²) < 4.78 is 13.1. The molecule has 0 amide bonds. The quantitative estimate of drug-likeness (QED) is 0.100. The van der Waals surface area contributed by atoms with Gasteiger partial charge in [-0.15, -0.1) is 0 Å². The summed E-state index contributed by atoms with van der Waals surface area (Å²) >= 11 is 0. The van der Waals surface area contributed by atoms with Crippen LogP contribution in [0.15, 0.2) is 206 Å². The van der Waals surface area contributed by atoms with Gasteiger partial charge in [0.2, 0.25) is 0 Å². The maximum absolute atomic E-state index is 12.0. The summed E-state index contributed by atoms with van der Waals surface area (Å²) in [6.07, 6.45) is -0.683. The molecule has 0 saturated carbocycles. The zero-order valence-corrected chi connectivity index (χ0v) is 40.5. The first kappa shape index (κ1) is 47.5. The molecule has 0 aliphatic carbocycles. The summed E-state index contributed by atoms with van der Waals surface area (Å²) in [5.74, 6) is 1.84. The first-order chi connectivity index (χ1) is 32.5. The molecule has 11 rings (SSSR count). The number of rotatable bonds is 4. The molecule has 1 heterocycles. The van der Waals surface area contributed by atoms with E-state index in [0.717, 1.165) is 16.2 Å². The monoisotopic (exact) mass is 881 g/mol. The standard InChI is InChI=1S/C22H15N.C21H18O3.2C9H12.C2H6/c1-2-10-17-16(8-1)9-7-15-20(17)23-21-13-5-3-11-18(21)19-12-4-6-14-22(19)23;1-21(2,3)24-20(22)23-17-12-10-15-8-7-13-5-4-6-14-9-11-16(17)19(15)18(13)14;2*1-8(2)9-6-4-3-5-7-9;1-2/h1-15H;4-12H,1-3H3;2*3-8H,1-2H3;1-2H3. The molecule has 10 aromatic carbocycles. The highest BCUT2D eigenvalue weighted by Gasteiger charge is 2.20. The van der Waals surface area contributed by atoms with Gasteiger partial charge in [0.1, 0.15) is 11.4 Å². The molecule has 0 saturated heterocycles. The number of benzene rings is 10. The predicted octanol–water partition coefficient (Wildman–Crippen LogP) is 18.5. The predicted molar refractivity (Wildman–Crippen MR) is 288 cm³/mol. The van der Waals surface area contributed by atoms with Crippen molar-refractivity contribution in [3.63, 3.8) is 0 Å². The molecule has 0 unspecified atom stereocenters. The van der Waals surface area contributed by atoms with E-state index in [1.807, 2.05) is 65.0 Å². The lowest BCUT2D eigenvalue weighted by Crippen LogP contribution is -2.26. The zero-order valence-electron chi connectivity index (χ0n) is 40.5. The highest BCUT2D eigenvalue weighted by molar-refractivity contribution is 6.24. The lowest BCUT2D eigenvalue weighted by molar-refractivity contribution is 0.0209. The van der Waals surface area contributed by atoms with E-state index >= 15 is 0 Å². The minimum absolute atomic E-state index is 0.523. The number of aromatic nitrogens is 1. The van der Waals surface area contributed by atoms with Crippen LogP contribution in [-0.4, -0.2) is 16.3 Å². The zero-order chi connectivity index (χ0) is 47.5. The average Bonchev–Trinajstić information content (AvgIpc) is 3.69. The Morgan fingerprint density at radius 1 is 0.418 bits per heavy atom. The van der Waals surface area contributed by atoms with Crippen molar-refractivity contribution in [3.05, 3.63) is 217 Å². The number of nitrogens with zero attached hydrogens (tertiary/aromatic N) is 1. The summed E-state index contributed by atoms with van der Waals surface area (Å²) in [5.41, 5.74) is 5.99. The summed E-state index contributed by atoms with van der Waals surface area (Å²) in [6.45, 7) is 18.3. The van der Waals surface area contributed by atoms with Gasteiger partial charge in [0.15, 0.2) is 0 Å². The molecule has 0 aliphatic rings. The van der Waals surface area contributed by atoms with E-state index in [1.165, 1.54) is 65.6 Å². The third-order valence-electron chi connectivity index (χ3n) is 11.6. The van der Waals surface area contributed by atoms with E-state index in [1.54, 1.807) is 0 Å². The number of hydrogen-bond acceptors (Lipinski definition) is 3. The van der Waals surface area contributed by atoms with Crippen LogP contribution in [0, 0.1) is 0 Å². The fourth-order valence-corrected chi connectivity index (χ4v) is 8.42. The maximum atomic E-state index is 12.0. The van der Waals surface area contributed by atoms with Gasteiger partial charge in [-0.3, -0.25) is 0 Å². The minimum atomic E-state index is -0.683. The number of hydrogen-bond donors (Lipinski definition) is 0. The largest absolute Gasteiger partial charge is 0.514 e. The van der Waals surface area contributed by atoms with Crippen LogP contribution in [0.1, 0.15) is 85.3 Å². The van der Waals surface area contributed by atoms with Crippen LogP contribution in [0.4, 0.5) is 4.79 Å². The second-order valence-corrected chi connectivity index (χ2v) is 18.0. The van der Waals surface area contributed by atoms with Gasteiger partial charge in [0.05, 0.1) is 16.7 Å². The van der Waals surface area contributed by atoms with Crippen LogP contribution < -0.4 is 4.74 Å². The molecule has 4 nitrogen and oxygen atoms in total.